The van der Waals surface area contributed by atoms with Crippen molar-refractivity contribution in [1.82, 2.24) is 10.3 Å². The van der Waals surface area contributed by atoms with E-state index in [1.807, 2.05) is 18.2 Å². The van der Waals surface area contributed by atoms with Crippen LogP contribution in [0.3, 0.4) is 0 Å². The van der Waals surface area contributed by atoms with E-state index in [2.05, 4.69) is 10.3 Å². The van der Waals surface area contributed by atoms with Crippen molar-refractivity contribution < 1.29 is 14.7 Å². The van der Waals surface area contributed by atoms with Crippen molar-refractivity contribution in [2.45, 2.75) is 6.54 Å². The number of benzene rings is 2. The van der Waals surface area contributed by atoms with Gasteiger partial charge in [0, 0.05) is 30.6 Å². The predicted octanol–water partition coefficient (Wildman–Crippen LogP) is 2.90. The number of aromatic nitrogens is 1. The predicted molar refractivity (Wildman–Crippen MR) is 108 cm³/mol. The zero-order chi connectivity index (χ0) is 20.2. The summed E-state index contributed by atoms with van der Waals surface area (Å²) in [5.41, 5.74) is 7.41. The lowest BCUT2D eigenvalue weighted by atomic mass is 10.2. The highest BCUT2D eigenvalue weighted by molar-refractivity contribution is 5.94. The van der Waals surface area contributed by atoms with E-state index in [9.17, 15) is 9.59 Å². The molecule has 1 heterocycles. The number of primary amides is 1. The maximum atomic E-state index is 11.7. The molecule has 0 saturated carbocycles. The van der Waals surface area contributed by atoms with Gasteiger partial charge in [0.05, 0.1) is 0 Å². The molecule has 0 aliphatic rings. The van der Waals surface area contributed by atoms with E-state index in [0.29, 0.717) is 12.1 Å². The molecule has 0 fully saturated rings. The topological polar surface area (TPSA) is 105 Å². The van der Waals surface area contributed by atoms with Crippen molar-refractivity contribution in [3.63, 3.8) is 0 Å². The van der Waals surface area contributed by atoms with Gasteiger partial charge in [-0.15, -0.1) is 0 Å². The van der Waals surface area contributed by atoms with Crippen LogP contribution < -0.4 is 11.1 Å². The summed E-state index contributed by atoms with van der Waals surface area (Å²) < 4.78 is 0. The van der Waals surface area contributed by atoms with E-state index in [0.717, 1.165) is 11.1 Å². The van der Waals surface area contributed by atoms with Crippen molar-refractivity contribution in [1.29, 1.82) is 0 Å². The number of carbonyl (C=O) groups is 2. The minimum Gasteiger partial charge on any atom is -0.508 e. The standard InChI is InChI=1S/C14H13NO2.C8H8N2O/c16-13-8-6-11(7-9-13)10-15-14(17)12-4-2-1-3-5-12;9-8(11)2-1-7-3-5-10-6-4-7/h1-9,16H,10H2,(H,15,17);1-6H,(H2,9,11)/b;2-1+. The van der Waals surface area contributed by atoms with Crippen LogP contribution in [0.25, 0.3) is 6.08 Å². The molecule has 6 heteroatoms. The highest BCUT2D eigenvalue weighted by Gasteiger charge is 2.03. The smallest absolute Gasteiger partial charge is 0.251 e. The Labute approximate surface area is 163 Å². The van der Waals surface area contributed by atoms with E-state index >= 15 is 0 Å². The normalized spacial score (nSPS) is 10.0. The molecule has 142 valence electrons. The van der Waals surface area contributed by atoms with Crippen LogP contribution in [0.2, 0.25) is 0 Å². The first-order valence-corrected chi connectivity index (χ1v) is 8.53. The van der Waals surface area contributed by atoms with Crippen molar-refractivity contribution in [2.24, 2.45) is 5.73 Å². The molecule has 0 spiro atoms. The first kappa shape index (κ1) is 20.4. The van der Waals surface area contributed by atoms with Crippen molar-refractivity contribution in [3.8, 4) is 5.75 Å². The molecule has 0 aliphatic heterocycles. The third-order valence-corrected chi connectivity index (χ3v) is 3.57. The summed E-state index contributed by atoms with van der Waals surface area (Å²) in [4.78, 5) is 25.8. The Morgan fingerprint density at radius 1 is 0.964 bits per heavy atom. The maximum absolute atomic E-state index is 11.7. The Morgan fingerprint density at radius 2 is 1.61 bits per heavy atom. The number of hydrogen-bond donors (Lipinski definition) is 3. The number of phenols is 1. The van der Waals surface area contributed by atoms with Gasteiger partial charge >= 0.3 is 0 Å². The third-order valence-electron chi connectivity index (χ3n) is 3.57. The van der Waals surface area contributed by atoms with Gasteiger partial charge in [-0.2, -0.15) is 0 Å². The number of pyridine rings is 1. The molecule has 3 aromatic rings. The molecule has 0 unspecified atom stereocenters. The highest BCUT2D eigenvalue weighted by atomic mass is 16.3. The number of amides is 2. The summed E-state index contributed by atoms with van der Waals surface area (Å²) >= 11 is 0. The monoisotopic (exact) mass is 375 g/mol. The van der Waals surface area contributed by atoms with Crippen LogP contribution in [0.15, 0.2) is 85.2 Å². The molecule has 0 bridgehead atoms. The van der Waals surface area contributed by atoms with Crippen molar-refractivity contribution in [3.05, 3.63) is 102 Å². The molecule has 1 aromatic heterocycles. The minimum absolute atomic E-state index is 0.0984. The molecule has 0 aliphatic carbocycles. The largest absolute Gasteiger partial charge is 0.508 e. The maximum Gasteiger partial charge on any atom is 0.251 e. The van der Waals surface area contributed by atoms with E-state index in [1.54, 1.807) is 67.0 Å². The number of nitrogens with one attached hydrogen (secondary N) is 1. The van der Waals surface area contributed by atoms with E-state index in [1.165, 1.54) is 6.08 Å². The summed E-state index contributed by atoms with van der Waals surface area (Å²) in [5, 5.41) is 11.9. The van der Waals surface area contributed by atoms with E-state index < -0.39 is 5.91 Å². The molecular weight excluding hydrogens is 354 g/mol. The fraction of sp³-hybridized carbons (Fsp3) is 0.0455. The zero-order valence-electron chi connectivity index (χ0n) is 15.2. The van der Waals surface area contributed by atoms with Crippen LogP contribution in [-0.4, -0.2) is 21.9 Å². The number of nitrogens with two attached hydrogens (primary N) is 1. The first-order valence-electron chi connectivity index (χ1n) is 8.53. The fourth-order valence-corrected chi connectivity index (χ4v) is 2.14. The Kier molecular flexibility index (Phi) is 7.95. The van der Waals surface area contributed by atoms with Gasteiger partial charge in [-0.25, -0.2) is 0 Å². The molecule has 0 saturated heterocycles. The molecule has 0 atom stereocenters. The second-order valence-electron chi connectivity index (χ2n) is 5.73. The average Bonchev–Trinajstić information content (AvgIpc) is 2.73. The summed E-state index contributed by atoms with van der Waals surface area (Å²) in [6.07, 6.45) is 6.26. The van der Waals surface area contributed by atoms with Crippen LogP contribution in [0, 0.1) is 0 Å². The Morgan fingerprint density at radius 3 is 2.21 bits per heavy atom. The molecule has 4 N–H and O–H groups in total. The van der Waals surface area contributed by atoms with Crippen LogP contribution in [0.1, 0.15) is 21.5 Å². The molecule has 3 rings (SSSR count). The molecule has 2 amide bonds. The molecule has 0 radical (unpaired) electrons. The number of rotatable bonds is 5. The van der Waals surface area contributed by atoms with Gasteiger partial charge < -0.3 is 16.2 Å². The second kappa shape index (κ2) is 10.9. The Balaban J connectivity index is 0.000000221. The lowest BCUT2D eigenvalue weighted by molar-refractivity contribution is -0.113. The Bertz CT molecular complexity index is 909. The van der Waals surface area contributed by atoms with Gasteiger partial charge in [-0.1, -0.05) is 30.3 Å². The lowest BCUT2D eigenvalue weighted by Crippen LogP contribution is -2.22. The van der Waals surface area contributed by atoms with Crippen molar-refractivity contribution >= 4 is 17.9 Å². The summed E-state index contributed by atoms with van der Waals surface area (Å²) in [7, 11) is 0. The van der Waals surface area contributed by atoms with Gasteiger partial charge in [-0.3, -0.25) is 14.6 Å². The molecule has 6 nitrogen and oxygen atoms in total. The average molecular weight is 375 g/mol. The number of nitrogens with zero attached hydrogens (tertiary/aromatic N) is 1. The van der Waals surface area contributed by atoms with Gasteiger partial charge in [0.1, 0.15) is 5.75 Å². The molecule has 28 heavy (non-hydrogen) atoms. The second-order valence-corrected chi connectivity index (χ2v) is 5.73. The summed E-state index contributed by atoms with van der Waals surface area (Å²) in [6.45, 7) is 0.452. The highest BCUT2D eigenvalue weighted by Crippen LogP contribution is 2.09. The summed E-state index contributed by atoms with van der Waals surface area (Å²) in [6, 6.07) is 19.4. The lowest BCUT2D eigenvalue weighted by Gasteiger charge is -2.05. The minimum atomic E-state index is -0.443. The number of aromatic hydroxyl groups is 1. The quantitative estimate of drug-likeness (QED) is 0.596. The van der Waals surface area contributed by atoms with E-state index in [4.69, 9.17) is 10.8 Å². The van der Waals surface area contributed by atoms with E-state index in [-0.39, 0.29) is 11.7 Å². The first-order chi connectivity index (χ1) is 13.5. The van der Waals surface area contributed by atoms with Crippen molar-refractivity contribution in [2.75, 3.05) is 0 Å². The molecule has 2 aromatic carbocycles. The van der Waals surface area contributed by atoms with Crippen LogP contribution in [0.4, 0.5) is 0 Å². The zero-order valence-corrected chi connectivity index (χ0v) is 15.2. The van der Waals surface area contributed by atoms with Crippen LogP contribution in [0.5, 0.6) is 5.75 Å². The molecular formula is C22H21N3O3. The fourth-order valence-electron chi connectivity index (χ4n) is 2.14. The number of phenolic OH excluding ortho intramolecular Hbond substituents is 1. The SMILES string of the molecule is NC(=O)/C=C/c1ccncc1.O=C(NCc1ccc(O)cc1)c1ccccc1. The summed E-state index contributed by atoms with van der Waals surface area (Å²) in [5.74, 6) is -0.316. The van der Waals surface area contributed by atoms with Gasteiger partial charge in [0.25, 0.3) is 5.91 Å². The third kappa shape index (κ3) is 7.53. The van der Waals surface area contributed by atoms with Gasteiger partial charge in [0.15, 0.2) is 0 Å². The Hall–Kier alpha value is -3.93. The number of carbonyl (C=O) groups excluding carboxylic acids is 2. The van der Waals surface area contributed by atoms with Crippen LogP contribution in [-0.2, 0) is 11.3 Å². The number of hydrogen-bond acceptors (Lipinski definition) is 4. The van der Waals surface area contributed by atoms with Crippen LogP contribution >= 0.6 is 0 Å². The van der Waals surface area contributed by atoms with Gasteiger partial charge in [-0.05, 0) is 53.6 Å². The van der Waals surface area contributed by atoms with Gasteiger partial charge in [0.2, 0.25) is 5.91 Å².